The Kier molecular flexibility index (Phi) is 6.57. The lowest BCUT2D eigenvalue weighted by Gasteiger charge is -2.16. The second kappa shape index (κ2) is 7.74. The third kappa shape index (κ3) is 3.83. The fourth-order valence-electron chi connectivity index (χ4n) is 1.87. The molecule has 1 atom stereocenters. The lowest BCUT2D eigenvalue weighted by atomic mass is 10.1. The van der Waals surface area contributed by atoms with Gasteiger partial charge in [-0.15, -0.1) is 5.10 Å². The Morgan fingerprint density at radius 3 is 2.69 bits per heavy atom. The minimum Gasteiger partial charge on any atom is -0.309 e. The topological polar surface area (TPSA) is 37.8 Å². The van der Waals surface area contributed by atoms with Gasteiger partial charge in [0.15, 0.2) is 0 Å². The van der Waals surface area contributed by atoms with E-state index in [1.807, 2.05) is 0 Å². The van der Waals surface area contributed by atoms with Gasteiger partial charge in [-0.25, -0.2) is 0 Å². The Balaban J connectivity index is 2.70. The molecule has 1 rings (SSSR count). The van der Waals surface area contributed by atoms with E-state index >= 15 is 0 Å². The van der Waals surface area contributed by atoms with Gasteiger partial charge < -0.3 is 5.32 Å². The van der Waals surface area contributed by atoms with Crippen molar-refractivity contribution in [2.24, 2.45) is 0 Å². The van der Waals surface area contributed by atoms with E-state index in [1.54, 1.807) is 11.5 Å². The average molecular weight is 241 g/mol. The van der Waals surface area contributed by atoms with E-state index in [2.05, 4.69) is 35.7 Å². The molecule has 1 aromatic rings. The van der Waals surface area contributed by atoms with Gasteiger partial charge in [0.25, 0.3) is 0 Å². The van der Waals surface area contributed by atoms with E-state index in [-0.39, 0.29) is 0 Å². The Morgan fingerprint density at radius 1 is 1.25 bits per heavy atom. The highest BCUT2D eigenvalue weighted by Gasteiger charge is 2.17. The summed E-state index contributed by atoms with van der Waals surface area (Å²) in [6, 6.07) is 0.464. The van der Waals surface area contributed by atoms with Gasteiger partial charge in [-0.3, -0.25) is 0 Å². The maximum atomic E-state index is 4.25. The van der Waals surface area contributed by atoms with E-state index in [4.69, 9.17) is 0 Å². The molecule has 1 unspecified atom stereocenters. The summed E-state index contributed by atoms with van der Waals surface area (Å²) in [6.07, 6.45) is 5.91. The summed E-state index contributed by atoms with van der Waals surface area (Å²) in [5.41, 5.74) is 1.20. The lowest BCUT2D eigenvalue weighted by Crippen LogP contribution is -2.21. The Morgan fingerprint density at radius 2 is 2.06 bits per heavy atom. The molecule has 0 aromatic carbocycles. The first-order valence-electron chi connectivity index (χ1n) is 6.37. The minimum atomic E-state index is 0.464. The second-order valence-corrected chi connectivity index (χ2v) is 4.87. The molecule has 16 heavy (non-hydrogen) atoms. The number of aryl methyl sites for hydroxylation is 1. The van der Waals surface area contributed by atoms with E-state index in [1.165, 1.54) is 29.8 Å². The number of nitrogens with zero attached hydrogens (tertiary/aromatic N) is 2. The highest BCUT2D eigenvalue weighted by molar-refractivity contribution is 7.05. The quantitative estimate of drug-likeness (QED) is 0.758. The first-order chi connectivity index (χ1) is 7.83. The van der Waals surface area contributed by atoms with Crippen LogP contribution in [0.15, 0.2) is 0 Å². The summed E-state index contributed by atoms with van der Waals surface area (Å²) < 4.78 is 4.10. The monoisotopic (exact) mass is 241 g/mol. The van der Waals surface area contributed by atoms with Crippen molar-refractivity contribution in [1.29, 1.82) is 0 Å². The van der Waals surface area contributed by atoms with Crippen LogP contribution in [-0.2, 0) is 6.42 Å². The first-order valence-corrected chi connectivity index (χ1v) is 7.15. The summed E-state index contributed by atoms with van der Waals surface area (Å²) in [5.74, 6) is 0. The van der Waals surface area contributed by atoms with Gasteiger partial charge in [-0.05, 0) is 30.9 Å². The summed E-state index contributed by atoms with van der Waals surface area (Å²) in [7, 11) is 0. The average Bonchev–Trinajstić information content (AvgIpc) is 2.73. The Labute approximate surface area is 103 Å². The largest absolute Gasteiger partial charge is 0.309 e. The number of nitrogens with one attached hydrogen (secondary N) is 1. The van der Waals surface area contributed by atoms with Crippen LogP contribution in [0.2, 0.25) is 0 Å². The van der Waals surface area contributed by atoms with Crippen molar-refractivity contribution in [1.82, 2.24) is 14.9 Å². The zero-order chi connectivity index (χ0) is 11.8. The van der Waals surface area contributed by atoms with Crippen molar-refractivity contribution >= 4 is 11.5 Å². The van der Waals surface area contributed by atoms with E-state index in [0.717, 1.165) is 19.4 Å². The van der Waals surface area contributed by atoms with Gasteiger partial charge in [-0.1, -0.05) is 44.5 Å². The molecule has 0 aliphatic carbocycles. The summed E-state index contributed by atoms with van der Waals surface area (Å²) in [4.78, 5) is 1.36. The molecule has 1 N–H and O–H groups in total. The summed E-state index contributed by atoms with van der Waals surface area (Å²) in [5, 5.41) is 7.79. The maximum Gasteiger partial charge on any atom is 0.0803 e. The van der Waals surface area contributed by atoms with Gasteiger partial charge in [0.05, 0.1) is 10.6 Å². The van der Waals surface area contributed by atoms with Crippen LogP contribution >= 0.6 is 11.5 Å². The van der Waals surface area contributed by atoms with Crippen LogP contribution in [0.5, 0.6) is 0 Å². The van der Waals surface area contributed by atoms with E-state index in [9.17, 15) is 0 Å². The predicted molar refractivity (Wildman–Crippen MR) is 69.8 cm³/mol. The molecule has 0 saturated carbocycles. The fraction of sp³-hybridized carbons (Fsp3) is 0.833. The standard InChI is InChI=1S/C12H23N3S/c1-4-7-9-10(13-6-3)12-11(8-5-2)14-15-16-12/h10,13H,4-9H2,1-3H3. The molecule has 1 heterocycles. The Bertz CT molecular complexity index is 286. The van der Waals surface area contributed by atoms with Gasteiger partial charge in [0, 0.05) is 6.04 Å². The minimum absolute atomic E-state index is 0.464. The highest BCUT2D eigenvalue weighted by Crippen LogP contribution is 2.25. The SMILES string of the molecule is CCCCC(NCC)c1snnc1CCC. The summed E-state index contributed by atoms with van der Waals surface area (Å²) >= 11 is 1.56. The lowest BCUT2D eigenvalue weighted by molar-refractivity contribution is 0.497. The molecular weight excluding hydrogens is 218 g/mol. The van der Waals surface area contributed by atoms with Crippen molar-refractivity contribution in [2.75, 3.05) is 6.54 Å². The molecule has 4 heteroatoms. The first kappa shape index (κ1) is 13.6. The van der Waals surface area contributed by atoms with Crippen molar-refractivity contribution in [3.05, 3.63) is 10.6 Å². The number of unbranched alkanes of at least 4 members (excludes halogenated alkanes) is 1. The van der Waals surface area contributed by atoms with Gasteiger partial charge in [-0.2, -0.15) is 0 Å². The molecule has 92 valence electrons. The van der Waals surface area contributed by atoms with Crippen molar-refractivity contribution in [3.8, 4) is 0 Å². The van der Waals surface area contributed by atoms with Crippen LogP contribution in [-0.4, -0.2) is 16.1 Å². The van der Waals surface area contributed by atoms with Crippen molar-refractivity contribution in [3.63, 3.8) is 0 Å². The molecule has 0 aliphatic heterocycles. The fourth-order valence-corrected chi connectivity index (χ4v) is 2.67. The zero-order valence-corrected chi connectivity index (χ0v) is 11.4. The number of aromatic nitrogens is 2. The normalized spacial score (nSPS) is 12.9. The number of rotatable bonds is 8. The third-order valence-electron chi connectivity index (χ3n) is 2.69. The molecule has 0 bridgehead atoms. The third-order valence-corrected chi connectivity index (χ3v) is 3.57. The smallest absolute Gasteiger partial charge is 0.0803 e. The van der Waals surface area contributed by atoms with Crippen LogP contribution in [0.25, 0.3) is 0 Å². The van der Waals surface area contributed by atoms with E-state index in [0.29, 0.717) is 6.04 Å². The second-order valence-electron chi connectivity index (χ2n) is 4.09. The molecule has 0 spiro atoms. The van der Waals surface area contributed by atoms with Crippen LogP contribution < -0.4 is 5.32 Å². The summed E-state index contributed by atoms with van der Waals surface area (Å²) in [6.45, 7) is 7.60. The molecule has 0 aliphatic rings. The number of hydrogen-bond acceptors (Lipinski definition) is 4. The molecule has 0 amide bonds. The molecular formula is C12H23N3S. The van der Waals surface area contributed by atoms with Crippen LogP contribution in [0, 0.1) is 0 Å². The molecule has 3 nitrogen and oxygen atoms in total. The van der Waals surface area contributed by atoms with Crippen LogP contribution in [0.3, 0.4) is 0 Å². The van der Waals surface area contributed by atoms with E-state index < -0.39 is 0 Å². The van der Waals surface area contributed by atoms with Gasteiger partial charge >= 0.3 is 0 Å². The van der Waals surface area contributed by atoms with Crippen LogP contribution in [0.4, 0.5) is 0 Å². The highest BCUT2D eigenvalue weighted by atomic mass is 32.1. The molecule has 0 radical (unpaired) electrons. The number of hydrogen-bond donors (Lipinski definition) is 1. The van der Waals surface area contributed by atoms with Gasteiger partial charge in [0.1, 0.15) is 0 Å². The van der Waals surface area contributed by atoms with Crippen molar-refractivity contribution in [2.45, 2.75) is 58.9 Å². The maximum absolute atomic E-state index is 4.25. The molecule has 0 fully saturated rings. The van der Waals surface area contributed by atoms with Crippen LogP contribution in [0.1, 0.15) is 63.1 Å². The van der Waals surface area contributed by atoms with Crippen molar-refractivity contribution < 1.29 is 0 Å². The molecule has 0 saturated heterocycles. The predicted octanol–water partition coefficient (Wildman–Crippen LogP) is 3.33. The zero-order valence-electron chi connectivity index (χ0n) is 10.6. The molecule has 1 aromatic heterocycles. The van der Waals surface area contributed by atoms with Gasteiger partial charge in [0.2, 0.25) is 0 Å². The Hall–Kier alpha value is -0.480.